The number of oxime groups is 1. The first-order valence-electron chi connectivity index (χ1n) is 4.89. The van der Waals surface area contributed by atoms with E-state index in [1.165, 1.54) is 12.8 Å². The normalized spacial score (nSPS) is 16.5. The number of pyridine rings is 1. The van der Waals surface area contributed by atoms with Gasteiger partial charge >= 0.3 is 0 Å². The van der Waals surface area contributed by atoms with Gasteiger partial charge in [-0.3, -0.25) is 4.98 Å². The molecule has 0 radical (unpaired) electrons. The summed E-state index contributed by atoms with van der Waals surface area (Å²) >= 11 is 0. The van der Waals surface area contributed by atoms with Crippen LogP contribution in [0, 0.1) is 0 Å². The van der Waals surface area contributed by atoms with Gasteiger partial charge in [0.1, 0.15) is 5.69 Å². The average Bonchev–Trinajstić information content (AvgIpc) is 3.11. The van der Waals surface area contributed by atoms with Gasteiger partial charge in [0.05, 0.1) is 11.9 Å². The summed E-state index contributed by atoms with van der Waals surface area (Å²) in [7, 11) is 2.05. The van der Waals surface area contributed by atoms with Crippen LogP contribution in [0.2, 0.25) is 0 Å². The Morgan fingerprint density at radius 2 is 2.33 bits per heavy atom. The van der Waals surface area contributed by atoms with Gasteiger partial charge in [0, 0.05) is 13.1 Å². The van der Waals surface area contributed by atoms with Gasteiger partial charge in [0.25, 0.3) is 0 Å². The molecule has 0 atom stereocenters. The highest BCUT2D eigenvalue weighted by atomic mass is 16.4. The van der Waals surface area contributed by atoms with Crippen molar-refractivity contribution in [2.24, 2.45) is 10.9 Å². The second-order valence-corrected chi connectivity index (χ2v) is 3.73. The van der Waals surface area contributed by atoms with Crippen LogP contribution in [-0.4, -0.2) is 29.1 Å². The first-order valence-corrected chi connectivity index (χ1v) is 4.89. The topological polar surface area (TPSA) is 74.7 Å². The average molecular weight is 206 g/mol. The molecule has 0 aromatic carbocycles. The second kappa shape index (κ2) is 3.76. The maximum Gasteiger partial charge on any atom is 0.188 e. The number of nitrogens with two attached hydrogens (primary N) is 1. The minimum atomic E-state index is 0.0376. The summed E-state index contributed by atoms with van der Waals surface area (Å²) in [4.78, 5) is 6.32. The van der Waals surface area contributed by atoms with E-state index in [9.17, 15) is 0 Å². The maximum absolute atomic E-state index is 8.48. The van der Waals surface area contributed by atoms with Crippen molar-refractivity contribution in [2.75, 3.05) is 11.9 Å². The third-order valence-electron chi connectivity index (χ3n) is 2.62. The van der Waals surface area contributed by atoms with Gasteiger partial charge in [-0.05, 0) is 25.0 Å². The Morgan fingerprint density at radius 3 is 2.80 bits per heavy atom. The number of nitrogens with zero attached hydrogens (tertiary/aromatic N) is 3. The van der Waals surface area contributed by atoms with Crippen LogP contribution in [0.1, 0.15) is 18.5 Å². The van der Waals surface area contributed by atoms with Gasteiger partial charge in [0.2, 0.25) is 0 Å². The van der Waals surface area contributed by atoms with Crippen molar-refractivity contribution >= 4 is 11.5 Å². The van der Waals surface area contributed by atoms with Crippen LogP contribution in [0.5, 0.6) is 0 Å². The van der Waals surface area contributed by atoms with Crippen molar-refractivity contribution < 1.29 is 5.21 Å². The molecular formula is C10H14N4O. The third kappa shape index (κ3) is 2.01. The SMILES string of the molecule is CN(c1ccc(/C(N)=N/O)nc1)C1CC1. The third-order valence-corrected chi connectivity index (χ3v) is 2.62. The fourth-order valence-electron chi connectivity index (χ4n) is 1.47. The lowest BCUT2D eigenvalue weighted by Crippen LogP contribution is -2.20. The first-order chi connectivity index (χ1) is 7.22. The summed E-state index contributed by atoms with van der Waals surface area (Å²) < 4.78 is 0. The fraction of sp³-hybridized carbons (Fsp3) is 0.400. The van der Waals surface area contributed by atoms with Crippen molar-refractivity contribution in [3.05, 3.63) is 24.0 Å². The lowest BCUT2D eigenvalue weighted by Gasteiger charge is -2.17. The standard InChI is InChI=1S/C10H14N4O/c1-14(7-2-3-7)8-4-5-9(12-6-8)10(11)13-15/h4-7,15H,2-3H2,1H3,(H2,11,13). The van der Waals surface area contributed by atoms with Gasteiger partial charge in [0.15, 0.2) is 5.84 Å². The summed E-state index contributed by atoms with van der Waals surface area (Å²) in [5.41, 5.74) is 6.97. The number of amidine groups is 1. The molecular weight excluding hydrogens is 192 g/mol. The summed E-state index contributed by atoms with van der Waals surface area (Å²) in [6, 6.07) is 4.34. The van der Waals surface area contributed by atoms with E-state index < -0.39 is 0 Å². The summed E-state index contributed by atoms with van der Waals surface area (Å²) in [6.45, 7) is 0. The summed E-state index contributed by atoms with van der Waals surface area (Å²) in [6.07, 6.45) is 4.24. The van der Waals surface area contributed by atoms with Crippen LogP contribution in [0.3, 0.4) is 0 Å². The van der Waals surface area contributed by atoms with Gasteiger partial charge < -0.3 is 15.8 Å². The predicted octanol–water partition coefficient (Wildman–Crippen LogP) is 0.775. The maximum atomic E-state index is 8.48. The molecule has 15 heavy (non-hydrogen) atoms. The highest BCUT2D eigenvalue weighted by Crippen LogP contribution is 2.29. The molecule has 1 aliphatic carbocycles. The smallest absolute Gasteiger partial charge is 0.188 e. The highest BCUT2D eigenvalue weighted by Gasteiger charge is 2.26. The molecule has 1 saturated carbocycles. The molecule has 0 aliphatic heterocycles. The van der Waals surface area contributed by atoms with E-state index in [1.807, 2.05) is 6.07 Å². The van der Waals surface area contributed by atoms with Gasteiger partial charge in [-0.25, -0.2) is 0 Å². The number of anilines is 1. The monoisotopic (exact) mass is 206 g/mol. The van der Waals surface area contributed by atoms with E-state index in [-0.39, 0.29) is 5.84 Å². The van der Waals surface area contributed by atoms with Crippen LogP contribution in [0.4, 0.5) is 5.69 Å². The molecule has 1 aromatic heterocycles. The molecule has 0 bridgehead atoms. The Morgan fingerprint density at radius 1 is 1.60 bits per heavy atom. The molecule has 1 aliphatic rings. The molecule has 0 amide bonds. The Balaban J connectivity index is 2.16. The Hall–Kier alpha value is -1.78. The molecule has 3 N–H and O–H groups in total. The molecule has 2 rings (SSSR count). The van der Waals surface area contributed by atoms with Crippen LogP contribution in [-0.2, 0) is 0 Å². The minimum absolute atomic E-state index is 0.0376. The lowest BCUT2D eigenvalue weighted by molar-refractivity contribution is 0.318. The zero-order chi connectivity index (χ0) is 10.8. The van der Waals surface area contributed by atoms with E-state index in [2.05, 4.69) is 22.1 Å². The molecule has 1 fully saturated rings. The van der Waals surface area contributed by atoms with E-state index in [0.717, 1.165) is 5.69 Å². The molecule has 5 nitrogen and oxygen atoms in total. The zero-order valence-corrected chi connectivity index (χ0v) is 8.59. The molecule has 1 heterocycles. The van der Waals surface area contributed by atoms with Crippen molar-refractivity contribution in [3.8, 4) is 0 Å². The summed E-state index contributed by atoms with van der Waals surface area (Å²) in [5.74, 6) is 0.0376. The number of hydrogen-bond donors (Lipinski definition) is 2. The van der Waals surface area contributed by atoms with Crippen molar-refractivity contribution in [3.63, 3.8) is 0 Å². The minimum Gasteiger partial charge on any atom is -0.409 e. The highest BCUT2D eigenvalue weighted by molar-refractivity contribution is 5.95. The summed E-state index contributed by atoms with van der Waals surface area (Å²) in [5, 5.41) is 11.4. The first kappa shape index (κ1) is 9.76. The van der Waals surface area contributed by atoms with E-state index in [1.54, 1.807) is 12.3 Å². The number of hydrogen-bond acceptors (Lipinski definition) is 4. The van der Waals surface area contributed by atoms with E-state index in [0.29, 0.717) is 11.7 Å². The van der Waals surface area contributed by atoms with E-state index >= 15 is 0 Å². The van der Waals surface area contributed by atoms with Crippen LogP contribution in [0.15, 0.2) is 23.5 Å². The second-order valence-electron chi connectivity index (χ2n) is 3.73. The fourth-order valence-corrected chi connectivity index (χ4v) is 1.47. The van der Waals surface area contributed by atoms with Gasteiger partial charge in [-0.15, -0.1) is 0 Å². The molecule has 0 saturated heterocycles. The van der Waals surface area contributed by atoms with Crippen molar-refractivity contribution in [1.29, 1.82) is 0 Å². The molecule has 80 valence electrons. The number of rotatable bonds is 3. The zero-order valence-electron chi connectivity index (χ0n) is 8.59. The Bertz CT molecular complexity index is 370. The lowest BCUT2D eigenvalue weighted by atomic mass is 10.3. The Labute approximate surface area is 88.2 Å². The quantitative estimate of drug-likeness (QED) is 0.331. The molecule has 1 aromatic rings. The van der Waals surface area contributed by atoms with Crippen LogP contribution in [0.25, 0.3) is 0 Å². The molecule has 5 heteroatoms. The van der Waals surface area contributed by atoms with Crippen LogP contribution >= 0.6 is 0 Å². The van der Waals surface area contributed by atoms with Crippen molar-refractivity contribution in [1.82, 2.24) is 4.98 Å². The van der Waals surface area contributed by atoms with Gasteiger partial charge in [-0.1, -0.05) is 5.16 Å². The van der Waals surface area contributed by atoms with Crippen LogP contribution < -0.4 is 10.6 Å². The predicted molar refractivity (Wildman–Crippen MR) is 58.2 cm³/mol. The largest absolute Gasteiger partial charge is 0.409 e. The number of aromatic nitrogens is 1. The van der Waals surface area contributed by atoms with Crippen molar-refractivity contribution in [2.45, 2.75) is 18.9 Å². The molecule has 0 unspecified atom stereocenters. The molecule has 0 spiro atoms. The van der Waals surface area contributed by atoms with Gasteiger partial charge in [-0.2, -0.15) is 0 Å². The van der Waals surface area contributed by atoms with E-state index in [4.69, 9.17) is 10.9 Å². The Kier molecular flexibility index (Phi) is 2.45.